The molecule has 0 radical (unpaired) electrons. The molecule has 1 N–H and O–H groups in total. The molecule has 4 aromatic rings. The Kier molecular flexibility index (Phi) is 23.8. The summed E-state index contributed by atoms with van der Waals surface area (Å²) < 4.78 is 93.2. The van der Waals surface area contributed by atoms with Gasteiger partial charge in [0.05, 0.1) is 80.5 Å². The molecule has 18 nitrogen and oxygen atoms in total. The molecular weight excluding hydrogens is 1000 g/mol. The molecule has 0 bridgehead atoms. The van der Waals surface area contributed by atoms with Crippen molar-refractivity contribution in [1.29, 1.82) is 0 Å². The minimum Gasteiger partial charge on any atom is -0.740 e. The molecule has 1 unspecified atom stereocenters. The number of nitrogens with zero attached hydrogens (tertiary/aromatic N) is 4. The van der Waals surface area contributed by atoms with Gasteiger partial charge in [-0.15, -0.1) is 0 Å². The van der Waals surface area contributed by atoms with Gasteiger partial charge in [0, 0.05) is 6.42 Å². The number of methoxy groups -OCH3 is 4. The number of ether oxygens (including phenoxy) is 6. The molecule has 0 aromatic heterocycles. The van der Waals surface area contributed by atoms with E-state index in [4.69, 9.17) is 28.4 Å². The van der Waals surface area contributed by atoms with Crippen LogP contribution < -0.4 is 42.6 Å². The maximum atomic E-state index is 13.4. The highest BCUT2D eigenvalue weighted by Crippen LogP contribution is 2.42. The van der Waals surface area contributed by atoms with Gasteiger partial charge in [0.25, 0.3) is 21.9 Å². The number of anilines is 2. The van der Waals surface area contributed by atoms with E-state index in [0.29, 0.717) is 80.4 Å². The fraction of sp³-hybridized carbons (Fsp3) is 0.418. The molecule has 0 aliphatic carbocycles. The molecule has 4 aromatic carbocycles. The Labute approximate surface area is 444 Å². The van der Waals surface area contributed by atoms with Crippen LogP contribution in [0.25, 0.3) is 12.2 Å². The lowest BCUT2D eigenvalue weighted by Crippen LogP contribution is -2.21. The van der Waals surface area contributed by atoms with Crippen molar-refractivity contribution in [3.8, 4) is 40.2 Å². The topological polar surface area (TPSA) is 224 Å². The summed E-state index contributed by atoms with van der Waals surface area (Å²) in [4.78, 5) is 26.5. The first-order valence-electron chi connectivity index (χ1n) is 24.8. The Morgan fingerprint density at radius 3 is 1.21 bits per heavy atom. The van der Waals surface area contributed by atoms with Crippen LogP contribution >= 0.6 is 0 Å². The second-order valence-corrected chi connectivity index (χ2v) is 19.2. The lowest BCUT2D eigenvalue weighted by Gasteiger charge is -2.17. The van der Waals surface area contributed by atoms with E-state index in [2.05, 4.69) is 55.9 Å². The summed E-state index contributed by atoms with van der Waals surface area (Å²) in [7, 11) is 1.49. The third-order valence-electron chi connectivity index (χ3n) is 12.6. The van der Waals surface area contributed by atoms with E-state index in [0.717, 1.165) is 16.8 Å². The molecule has 2 aliphatic heterocycles. The average Bonchev–Trinajstić information content (AvgIpc) is 3.84. The van der Waals surface area contributed by atoms with Crippen LogP contribution in [0.4, 0.5) is 11.4 Å². The van der Waals surface area contributed by atoms with E-state index in [1.54, 1.807) is 50.3 Å². The van der Waals surface area contributed by atoms with Crippen molar-refractivity contribution in [3.05, 3.63) is 95.1 Å². The largest absolute Gasteiger partial charge is 0.740 e. The zero-order chi connectivity index (χ0) is 55.4. The van der Waals surface area contributed by atoms with Crippen LogP contribution in [0, 0.1) is 11.8 Å². The molecule has 20 heteroatoms. The normalized spacial score (nSPS) is 14.8. The number of rotatable bonds is 23. The Balaban J connectivity index is 0.000000763. The molecule has 2 amide bonds. The summed E-state index contributed by atoms with van der Waals surface area (Å²) in [6, 6.07) is 17.7. The highest BCUT2D eigenvalue weighted by Gasteiger charge is 2.31. The highest BCUT2D eigenvalue weighted by atomic mass is 32.2. The molecule has 0 spiro atoms. The van der Waals surface area contributed by atoms with Crippen LogP contribution in [0.3, 0.4) is 0 Å². The molecule has 0 fully saturated rings. The van der Waals surface area contributed by atoms with E-state index >= 15 is 0 Å². The number of carbonyl (C=O) groups excluding carboxylic acids is 2. The molecule has 2 aliphatic rings. The maximum Gasteiger partial charge on any atom is 0.294 e. The van der Waals surface area contributed by atoms with Gasteiger partial charge in [-0.1, -0.05) is 80.1 Å². The van der Waals surface area contributed by atoms with E-state index in [1.807, 2.05) is 0 Å². The Hall–Kier alpha value is -6.74. The summed E-state index contributed by atoms with van der Waals surface area (Å²) in [5.41, 5.74) is 3.32. The van der Waals surface area contributed by atoms with Crippen molar-refractivity contribution in [2.45, 2.75) is 105 Å². The van der Waals surface area contributed by atoms with Crippen LogP contribution in [0.2, 0.25) is 0 Å². The Morgan fingerprint density at radius 2 is 0.933 bits per heavy atom. The summed E-state index contributed by atoms with van der Waals surface area (Å²) in [6.07, 6.45) is 11.8. The van der Waals surface area contributed by atoms with Crippen molar-refractivity contribution in [2.24, 2.45) is 22.0 Å². The zero-order valence-corrected chi connectivity index (χ0v) is 46.6. The smallest absolute Gasteiger partial charge is 0.294 e. The van der Waals surface area contributed by atoms with Crippen molar-refractivity contribution in [2.75, 3.05) is 51.7 Å². The van der Waals surface area contributed by atoms with Crippen molar-refractivity contribution in [3.63, 3.8) is 0 Å². The number of hydrazone groups is 2. The molecule has 2 heterocycles. The minimum atomic E-state index is -4.40. The molecule has 0 saturated heterocycles. The van der Waals surface area contributed by atoms with Gasteiger partial charge in [0.15, 0.2) is 23.0 Å². The zero-order valence-electron chi connectivity index (χ0n) is 45.0. The Bertz CT molecular complexity index is 2750. The first-order chi connectivity index (χ1) is 35.8. The standard InChI is InChI=1S/C41H40N4O14S2.2C7H16/c1-24-32(40(46)44(42-24)28-8-12-30(13-9-28)59-60(48)49)18-26-20-34(53-3)38(35(21-26)54-4)57-16-7-17-58-39-36(55-5)22-27(23-37(39)56-6)19-33-25(2)43-45(41(33)47)29-10-14-31(15-11-29)61(50,51)52;2*1-4-7(5-2)6-3/h8-15,18-23H,7,16-17H2,1-6H3,(H,48,49)(H,50,51,52);2*7H,4-6H2,1-3H3/p-1/b32-18+,33-19+;;. The summed E-state index contributed by atoms with van der Waals surface area (Å²) in [5.74, 6) is 3.24. The van der Waals surface area contributed by atoms with E-state index in [1.165, 1.54) is 121 Å². The quantitative estimate of drug-likeness (QED) is 0.0316. The second-order valence-electron chi connectivity index (χ2n) is 17.2. The van der Waals surface area contributed by atoms with Crippen LogP contribution in [0.5, 0.6) is 40.2 Å². The number of hydrogen-bond acceptors (Lipinski definition) is 15. The number of carbonyl (C=O) groups is 2. The lowest BCUT2D eigenvalue weighted by molar-refractivity contribution is -0.115. The van der Waals surface area contributed by atoms with Gasteiger partial charge >= 0.3 is 0 Å². The summed E-state index contributed by atoms with van der Waals surface area (Å²) >= 11 is -2.73. The van der Waals surface area contributed by atoms with Crippen LogP contribution in [0.1, 0.15) is 111 Å². The molecule has 0 saturated carbocycles. The summed E-state index contributed by atoms with van der Waals surface area (Å²) in [6.45, 7) is 17.3. The van der Waals surface area contributed by atoms with Gasteiger partial charge in [-0.3, -0.25) is 14.1 Å². The molecule has 1 atom stereocenters. The van der Waals surface area contributed by atoms with E-state index in [-0.39, 0.29) is 29.4 Å². The van der Waals surface area contributed by atoms with Crippen molar-refractivity contribution >= 4 is 68.2 Å². The SMILES string of the molecule is CCC(CC)CC.CCC(CC)CC.COc1cc(/C=C2/C(=O)N(c3ccc(OS(=O)[O-])cc3)N=C2C)cc(OC)c1OCCCOc1c(OC)cc(/C=C2/C(=O)N(c3ccc(S(=O)(=O)O)cc3)N=C2C)cc1OC. The predicted octanol–water partition coefficient (Wildman–Crippen LogP) is 11.3. The first kappa shape index (κ1) is 60.8. The van der Waals surface area contributed by atoms with Gasteiger partial charge in [0.1, 0.15) is 17.1 Å². The lowest BCUT2D eigenvalue weighted by atomic mass is 10.0. The third-order valence-corrected chi connectivity index (χ3v) is 13.8. The van der Waals surface area contributed by atoms with Crippen LogP contribution in [0.15, 0.2) is 99.0 Å². The second kappa shape index (κ2) is 29.4. The minimum absolute atomic E-state index is 0.0883. The molecule has 75 heavy (non-hydrogen) atoms. The predicted molar refractivity (Wildman–Crippen MR) is 293 cm³/mol. The number of benzene rings is 4. The summed E-state index contributed by atoms with van der Waals surface area (Å²) in [5, 5.41) is 11.0. The third kappa shape index (κ3) is 16.6. The number of amides is 2. The highest BCUT2D eigenvalue weighted by molar-refractivity contribution is 7.85. The molecular formula is C55H71N4O14S2-. The molecule has 6 rings (SSSR count). The van der Waals surface area contributed by atoms with Gasteiger partial charge in [-0.2, -0.15) is 28.6 Å². The van der Waals surface area contributed by atoms with Gasteiger partial charge in [0.2, 0.25) is 11.5 Å². The van der Waals surface area contributed by atoms with Crippen molar-refractivity contribution in [1.82, 2.24) is 0 Å². The maximum absolute atomic E-state index is 13.4. The monoisotopic (exact) mass is 1080 g/mol. The molecule has 408 valence electrons. The number of hydrogen-bond donors (Lipinski definition) is 1. The van der Waals surface area contributed by atoms with Crippen molar-refractivity contribution < 1.29 is 63.9 Å². The average molecular weight is 1080 g/mol. The van der Waals surface area contributed by atoms with Crippen LogP contribution in [-0.2, 0) is 31.1 Å². The van der Waals surface area contributed by atoms with Gasteiger partial charge in [-0.05, 0) is 122 Å². The van der Waals surface area contributed by atoms with E-state index in [9.17, 15) is 31.3 Å². The van der Waals surface area contributed by atoms with Crippen LogP contribution in [-0.4, -0.2) is 86.6 Å². The van der Waals surface area contributed by atoms with E-state index < -0.39 is 33.3 Å². The first-order valence-corrected chi connectivity index (χ1v) is 27.2. The van der Waals surface area contributed by atoms with Gasteiger partial charge in [-0.25, -0.2) is 4.21 Å². The fourth-order valence-corrected chi connectivity index (χ4v) is 8.67. The Morgan fingerprint density at radius 1 is 0.600 bits per heavy atom. The van der Waals surface area contributed by atoms with Gasteiger partial charge < -0.3 is 37.2 Å². The fourth-order valence-electron chi connectivity index (χ4n) is 7.92.